The van der Waals surface area contributed by atoms with Crippen molar-refractivity contribution in [1.82, 2.24) is 9.88 Å². The summed E-state index contributed by atoms with van der Waals surface area (Å²) in [5.41, 5.74) is -0.892. The van der Waals surface area contributed by atoms with E-state index in [9.17, 15) is 18.0 Å². The molecule has 25 heavy (non-hydrogen) atoms. The Morgan fingerprint density at radius 2 is 2.00 bits per heavy atom. The highest BCUT2D eigenvalue weighted by Gasteiger charge is 2.32. The summed E-state index contributed by atoms with van der Waals surface area (Å²) in [5.74, 6) is -0.0156. The van der Waals surface area contributed by atoms with Crippen molar-refractivity contribution in [2.75, 3.05) is 37.7 Å². The number of ether oxygens (including phenoxy) is 1. The van der Waals surface area contributed by atoms with Crippen LogP contribution in [0.5, 0.6) is 0 Å². The van der Waals surface area contributed by atoms with Gasteiger partial charge in [-0.1, -0.05) is 11.6 Å². The van der Waals surface area contributed by atoms with Crippen molar-refractivity contribution in [3.8, 4) is 0 Å². The summed E-state index contributed by atoms with van der Waals surface area (Å²) in [5, 5.41) is 7.88. The van der Waals surface area contributed by atoms with Crippen LogP contribution >= 0.6 is 11.6 Å². The van der Waals surface area contributed by atoms with Crippen LogP contribution < -0.4 is 4.90 Å². The van der Waals surface area contributed by atoms with Crippen LogP contribution in [0.3, 0.4) is 0 Å². The topological polar surface area (TPSA) is 69.5 Å². The minimum absolute atomic E-state index is 0.0649. The molecule has 2 rings (SSSR count). The van der Waals surface area contributed by atoms with Crippen molar-refractivity contribution < 1.29 is 22.7 Å². The first-order valence-corrected chi connectivity index (χ1v) is 8.05. The van der Waals surface area contributed by atoms with Crippen LogP contribution in [0.25, 0.3) is 0 Å². The van der Waals surface area contributed by atoms with E-state index < -0.39 is 17.7 Å². The first-order chi connectivity index (χ1) is 11.7. The van der Waals surface area contributed by atoms with Crippen LogP contribution in [0.1, 0.15) is 18.9 Å². The average molecular weight is 379 g/mol. The SMILES string of the molecule is CCOC(=O)CC(=N)N1CCN(c2ncc(C(F)(F)F)cc2Cl)CC1. The lowest BCUT2D eigenvalue weighted by Crippen LogP contribution is -2.49. The van der Waals surface area contributed by atoms with Crippen LogP contribution in [0.4, 0.5) is 19.0 Å². The zero-order valence-electron chi connectivity index (χ0n) is 13.6. The monoisotopic (exact) mass is 378 g/mol. The molecule has 0 atom stereocenters. The van der Waals surface area contributed by atoms with E-state index >= 15 is 0 Å². The average Bonchev–Trinajstić information content (AvgIpc) is 2.54. The molecule has 1 aliphatic rings. The third-order valence-electron chi connectivity index (χ3n) is 3.73. The highest BCUT2D eigenvalue weighted by atomic mass is 35.5. The van der Waals surface area contributed by atoms with Gasteiger partial charge in [0, 0.05) is 32.4 Å². The quantitative estimate of drug-likeness (QED) is 0.495. The molecule has 0 unspecified atom stereocenters. The molecule has 1 aromatic rings. The van der Waals surface area contributed by atoms with Gasteiger partial charge in [-0.05, 0) is 13.0 Å². The van der Waals surface area contributed by atoms with Crippen LogP contribution in [0.2, 0.25) is 5.02 Å². The van der Waals surface area contributed by atoms with Gasteiger partial charge in [0.15, 0.2) is 0 Å². The lowest BCUT2D eigenvalue weighted by molar-refractivity contribution is -0.141. The van der Waals surface area contributed by atoms with Gasteiger partial charge in [-0.15, -0.1) is 0 Å². The third kappa shape index (κ3) is 4.97. The number of esters is 1. The molecule has 138 valence electrons. The summed E-state index contributed by atoms with van der Waals surface area (Å²) < 4.78 is 42.8. The highest BCUT2D eigenvalue weighted by Crippen LogP contribution is 2.33. The fourth-order valence-electron chi connectivity index (χ4n) is 2.47. The molecule has 0 radical (unpaired) electrons. The molecular weight excluding hydrogens is 361 g/mol. The zero-order valence-corrected chi connectivity index (χ0v) is 14.3. The number of hydrogen-bond donors (Lipinski definition) is 1. The number of amidine groups is 1. The van der Waals surface area contributed by atoms with E-state index in [2.05, 4.69) is 4.98 Å². The van der Waals surface area contributed by atoms with E-state index in [0.29, 0.717) is 26.2 Å². The van der Waals surface area contributed by atoms with Crippen LogP contribution in [0.15, 0.2) is 12.3 Å². The molecular formula is C15H18ClF3N4O2. The molecule has 1 N–H and O–H groups in total. The minimum atomic E-state index is -4.49. The van der Waals surface area contributed by atoms with E-state index in [1.807, 2.05) is 0 Å². The maximum Gasteiger partial charge on any atom is 0.417 e. The van der Waals surface area contributed by atoms with Crippen molar-refractivity contribution in [3.63, 3.8) is 0 Å². The third-order valence-corrected chi connectivity index (χ3v) is 4.01. The molecule has 2 heterocycles. The van der Waals surface area contributed by atoms with Gasteiger partial charge in [0.1, 0.15) is 18.1 Å². The number of carbonyl (C=O) groups is 1. The maximum atomic E-state index is 12.7. The fourth-order valence-corrected chi connectivity index (χ4v) is 2.75. The molecule has 0 bridgehead atoms. The maximum absolute atomic E-state index is 12.7. The summed E-state index contributed by atoms with van der Waals surface area (Å²) in [6.07, 6.45) is -3.83. The fraction of sp³-hybridized carbons (Fsp3) is 0.533. The summed E-state index contributed by atoms with van der Waals surface area (Å²) in [7, 11) is 0. The molecule has 0 aromatic carbocycles. The second kappa shape index (κ2) is 7.90. The Morgan fingerprint density at radius 1 is 1.36 bits per heavy atom. The summed E-state index contributed by atoms with van der Waals surface area (Å²) in [6, 6.07) is 0.860. The second-order valence-corrected chi connectivity index (χ2v) is 5.84. The molecule has 10 heteroatoms. The molecule has 1 fully saturated rings. The normalized spacial score (nSPS) is 15.2. The largest absolute Gasteiger partial charge is 0.466 e. The Labute approximate surface area is 148 Å². The molecule has 1 saturated heterocycles. The van der Waals surface area contributed by atoms with Gasteiger partial charge in [0.2, 0.25) is 0 Å². The van der Waals surface area contributed by atoms with Gasteiger partial charge >= 0.3 is 12.1 Å². The predicted octanol–water partition coefficient (Wildman–Crippen LogP) is 2.81. The molecule has 6 nitrogen and oxygen atoms in total. The standard InChI is InChI=1S/C15H18ClF3N4O2/c1-2-25-13(24)8-12(20)22-3-5-23(6-4-22)14-11(16)7-10(9-21-14)15(17,18)19/h7,9,20H,2-6,8H2,1H3. The summed E-state index contributed by atoms with van der Waals surface area (Å²) >= 11 is 5.95. The smallest absolute Gasteiger partial charge is 0.417 e. The predicted molar refractivity (Wildman–Crippen MR) is 87.0 cm³/mol. The van der Waals surface area contributed by atoms with Gasteiger partial charge in [-0.2, -0.15) is 13.2 Å². The van der Waals surface area contributed by atoms with Crippen LogP contribution in [-0.2, 0) is 15.7 Å². The van der Waals surface area contributed by atoms with Crippen molar-refractivity contribution in [3.05, 3.63) is 22.8 Å². The molecule has 0 saturated carbocycles. The van der Waals surface area contributed by atoms with Crippen LogP contribution in [-0.4, -0.2) is 54.5 Å². The number of anilines is 1. The summed E-state index contributed by atoms with van der Waals surface area (Å²) in [4.78, 5) is 18.7. The number of hydrogen-bond acceptors (Lipinski definition) is 5. The molecule has 0 spiro atoms. The van der Waals surface area contributed by atoms with E-state index in [1.165, 1.54) is 0 Å². The Hall–Kier alpha value is -2.03. The number of carbonyl (C=O) groups excluding carboxylic acids is 1. The zero-order chi connectivity index (χ0) is 18.6. The number of halogens is 4. The van der Waals surface area contributed by atoms with Gasteiger partial charge in [-0.3, -0.25) is 10.2 Å². The van der Waals surface area contributed by atoms with E-state index in [4.69, 9.17) is 21.7 Å². The number of nitrogens with zero attached hydrogens (tertiary/aromatic N) is 3. The van der Waals surface area contributed by atoms with Crippen LogP contribution in [0, 0.1) is 5.41 Å². The van der Waals surface area contributed by atoms with Gasteiger partial charge in [-0.25, -0.2) is 4.98 Å². The van der Waals surface area contributed by atoms with Crippen molar-refractivity contribution in [1.29, 1.82) is 5.41 Å². The molecule has 0 aliphatic carbocycles. The number of piperazine rings is 1. The Balaban J connectivity index is 1.96. The molecule has 1 aromatic heterocycles. The van der Waals surface area contributed by atoms with Gasteiger partial charge in [0.25, 0.3) is 0 Å². The number of nitrogens with one attached hydrogen (secondary N) is 1. The van der Waals surface area contributed by atoms with Gasteiger partial charge in [0.05, 0.1) is 17.2 Å². The van der Waals surface area contributed by atoms with Crippen molar-refractivity contribution >= 4 is 29.2 Å². The van der Waals surface area contributed by atoms with E-state index in [0.717, 1.165) is 12.3 Å². The highest BCUT2D eigenvalue weighted by molar-refractivity contribution is 6.33. The lowest BCUT2D eigenvalue weighted by atomic mass is 10.2. The first-order valence-electron chi connectivity index (χ1n) is 7.68. The molecule has 0 amide bonds. The lowest BCUT2D eigenvalue weighted by Gasteiger charge is -2.36. The second-order valence-electron chi connectivity index (χ2n) is 5.43. The Morgan fingerprint density at radius 3 is 2.52 bits per heavy atom. The number of pyridine rings is 1. The minimum Gasteiger partial charge on any atom is -0.466 e. The van der Waals surface area contributed by atoms with Crippen molar-refractivity contribution in [2.24, 2.45) is 0 Å². The number of alkyl halides is 3. The number of aromatic nitrogens is 1. The van der Waals surface area contributed by atoms with Crippen molar-refractivity contribution in [2.45, 2.75) is 19.5 Å². The van der Waals surface area contributed by atoms with E-state index in [-0.39, 0.29) is 29.7 Å². The summed E-state index contributed by atoms with van der Waals surface area (Å²) in [6.45, 7) is 3.71. The first kappa shape index (κ1) is 19.3. The molecule has 1 aliphatic heterocycles. The number of rotatable bonds is 4. The Kier molecular flexibility index (Phi) is 6.10. The van der Waals surface area contributed by atoms with Gasteiger partial charge < -0.3 is 14.5 Å². The van der Waals surface area contributed by atoms with E-state index in [1.54, 1.807) is 16.7 Å². The Bertz CT molecular complexity index is 646.